The number of rotatable bonds is 10. The number of aryl methyl sites for hydroxylation is 1. The summed E-state index contributed by atoms with van der Waals surface area (Å²) in [5.74, 6) is 0.817. The van der Waals surface area contributed by atoms with Crippen molar-refractivity contribution in [1.29, 1.82) is 0 Å². The van der Waals surface area contributed by atoms with Gasteiger partial charge in [-0.1, -0.05) is 23.8 Å². The van der Waals surface area contributed by atoms with Crippen LogP contribution < -0.4 is 19.1 Å². The Morgan fingerprint density at radius 1 is 1.03 bits per heavy atom. The van der Waals surface area contributed by atoms with E-state index in [9.17, 15) is 13.2 Å². The zero-order chi connectivity index (χ0) is 23.8. The Labute approximate surface area is 194 Å². The largest absolute Gasteiger partial charge is 0.493 e. The standard InChI is InChI=1S/C24H27N3O5S/c1-18-6-9-20(10-7-18)27(33(29,30)21-5-4-13-25-16-21)17-24(28)26-14-12-19-8-11-22(31-2)23(15-19)32-3/h4-11,13,15-16H,12,14,17H2,1-3H3,(H,26,28). The Balaban J connectivity index is 1.72. The number of nitrogens with one attached hydrogen (secondary N) is 1. The molecule has 1 heterocycles. The maximum absolute atomic E-state index is 13.3. The number of carbonyl (C=O) groups is 1. The van der Waals surface area contributed by atoms with Crippen LogP contribution in [-0.2, 0) is 21.2 Å². The number of amides is 1. The highest BCUT2D eigenvalue weighted by Crippen LogP contribution is 2.27. The van der Waals surface area contributed by atoms with Crippen LogP contribution in [0.4, 0.5) is 5.69 Å². The fourth-order valence-corrected chi connectivity index (χ4v) is 4.61. The van der Waals surface area contributed by atoms with Gasteiger partial charge < -0.3 is 14.8 Å². The lowest BCUT2D eigenvalue weighted by Gasteiger charge is -2.24. The maximum Gasteiger partial charge on any atom is 0.266 e. The van der Waals surface area contributed by atoms with Gasteiger partial charge in [-0.25, -0.2) is 8.42 Å². The summed E-state index contributed by atoms with van der Waals surface area (Å²) in [7, 11) is -0.849. The van der Waals surface area contributed by atoms with E-state index in [0.29, 0.717) is 30.2 Å². The summed E-state index contributed by atoms with van der Waals surface area (Å²) in [5, 5.41) is 2.80. The summed E-state index contributed by atoms with van der Waals surface area (Å²) in [4.78, 5) is 16.6. The zero-order valence-corrected chi connectivity index (χ0v) is 19.6. The SMILES string of the molecule is COc1ccc(CCNC(=O)CN(c2ccc(C)cc2)S(=O)(=O)c2cccnc2)cc1OC. The van der Waals surface area contributed by atoms with Crippen molar-refractivity contribution in [3.8, 4) is 11.5 Å². The quantitative estimate of drug-likeness (QED) is 0.490. The van der Waals surface area contributed by atoms with E-state index in [1.807, 2.05) is 19.1 Å². The molecule has 0 fully saturated rings. The monoisotopic (exact) mass is 469 g/mol. The molecule has 0 aliphatic heterocycles. The van der Waals surface area contributed by atoms with Crippen LogP contribution >= 0.6 is 0 Å². The molecule has 0 spiro atoms. The highest BCUT2D eigenvalue weighted by molar-refractivity contribution is 7.92. The maximum atomic E-state index is 13.3. The van der Waals surface area contributed by atoms with E-state index in [2.05, 4.69) is 10.3 Å². The summed E-state index contributed by atoms with van der Waals surface area (Å²) in [6.45, 7) is 1.89. The number of anilines is 1. The molecule has 0 unspecified atom stereocenters. The lowest BCUT2D eigenvalue weighted by molar-refractivity contribution is -0.119. The number of nitrogens with zero attached hydrogens (tertiary/aromatic N) is 2. The first-order chi connectivity index (χ1) is 15.8. The molecule has 0 aliphatic rings. The van der Waals surface area contributed by atoms with Gasteiger partial charge in [0.05, 0.1) is 19.9 Å². The molecule has 1 aromatic heterocycles. The van der Waals surface area contributed by atoms with E-state index in [0.717, 1.165) is 15.4 Å². The minimum absolute atomic E-state index is 0.0173. The van der Waals surface area contributed by atoms with Gasteiger partial charge in [0, 0.05) is 18.9 Å². The summed E-state index contributed by atoms with van der Waals surface area (Å²) in [5.41, 5.74) is 2.34. The average Bonchev–Trinajstić information content (AvgIpc) is 2.83. The second-order valence-electron chi connectivity index (χ2n) is 7.33. The third-order valence-corrected chi connectivity index (χ3v) is 6.77. The number of ether oxygens (including phenoxy) is 2. The van der Waals surface area contributed by atoms with E-state index in [4.69, 9.17) is 9.47 Å². The number of hydrogen-bond donors (Lipinski definition) is 1. The Morgan fingerprint density at radius 2 is 1.76 bits per heavy atom. The molecule has 8 nitrogen and oxygen atoms in total. The molecule has 0 aliphatic carbocycles. The lowest BCUT2D eigenvalue weighted by Crippen LogP contribution is -2.41. The molecule has 9 heteroatoms. The van der Waals surface area contributed by atoms with Crippen LogP contribution in [0.5, 0.6) is 11.5 Å². The molecule has 0 bridgehead atoms. The summed E-state index contributed by atoms with van der Waals surface area (Å²) < 4.78 is 38.1. The molecule has 0 atom stereocenters. The molecule has 0 saturated carbocycles. The normalized spacial score (nSPS) is 11.0. The Hall–Kier alpha value is -3.59. The van der Waals surface area contributed by atoms with E-state index < -0.39 is 15.9 Å². The first-order valence-electron chi connectivity index (χ1n) is 10.3. The van der Waals surface area contributed by atoms with Crippen LogP contribution in [0.15, 0.2) is 71.9 Å². The first kappa shape index (κ1) is 24.1. The van der Waals surface area contributed by atoms with Crippen molar-refractivity contribution in [2.75, 3.05) is 31.6 Å². The van der Waals surface area contributed by atoms with Gasteiger partial charge in [-0.15, -0.1) is 0 Å². The van der Waals surface area contributed by atoms with Crippen molar-refractivity contribution in [2.24, 2.45) is 0 Å². The molecule has 3 aromatic rings. The molecule has 0 saturated heterocycles. The molecule has 1 N–H and O–H groups in total. The van der Waals surface area contributed by atoms with Gasteiger partial charge >= 0.3 is 0 Å². The van der Waals surface area contributed by atoms with Crippen LogP contribution in [0.25, 0.3) is 0 Å². The second kappa shape index (κ2) is 10.8. The van der Waals surface area contributed by atoms with E-state index in [1.54, 1.807) is 50.6 Å². The molecule has 33 heavy (non-hydrogen) atoms. The van der Waals surface area contributed by atoms with Crippen LogP contribution in [0.1, 0.15) is 11.1 Å². The summed E-state index contributed by atoms with van der Waals surface area (Å²) >= 11 is 0. The molecule has 3 rings (SSSR count). The van der Waals surface area contributed by atoms with Gasteiger partial charge in [0.1, 0.15) is 11.4 Å². The molecule has 2 aromatic carbocycles. The molecule has 1 amide bonds. The van der Waals surface area contributed by atoms with Crippen molar-refractivity contribution in [3.05, 3.63) is 78.1 Å². The highest BCUT2D eigenvalue weighted by atomic mass is 32.2. The minimum atomic E-state index is -3.98. The van der Waals surface area contributed by atoms with Gasteiger partial charge in [-0.05, 0) is 55.3 Å². The first-order valence-corrected chi connectivity index (χ1v) is 11.8. The molecular weight excluding hydrogens is 442 g/mol. The van der Waals surface area contributed by atoms with E-state index >= 15 is 0 Å². The predicted octanol–water partition coefficient (Wildman–Crippen LogP) is 2.96. The lowest BCUT2D eigenvalue weighted by atomic mass is 10.1. The topological polar surface area (TPSA) is 97.8 Å². The molecular formula is C24H27N3O5S. The van der Waals surface area contributed by atoms with Crippen molar-refractivity contribution in [1.82, 2.24) is 10.3 Å². The van der Waals surface area contributed by atoms with Gasteiger partial charge in [-0.3, -0.25) is 14.1 Å². The van der Waals surface area contributed by atoms with Crippen LogP contribution in [0, 0.1) is 6.92 Å². The third kappa shape index (κ3) is 6.01. The predicted molar refractivity (Wildman–Crippen MR) is 126 cm³/mol. The number of carbonyl (C=O) groups excluding carboxylic acids is 1. The highest BCUT2D eigenvalue weighted by Gasteiger charge is 2.27. The number of methoxy groups -OCH3 is 2. The van der Waals surface area contributed by atoms with Gasteiger partial charge in [0.15, 0.2) is 11.5 Å². The van der Waals surface area contributed by atoms with Gasteiger partial charge in [-0.2, -0.15) is 0 Å². The Kier molecular flexibility index (Phi) is 7.89. The average molecular weight is 470 g/mol. The summed E-state index contributed by atoms with van der Waals surface area (Å²) in [6.07, 6.45) is 3.31. The zero-order valence-electron chi connectivity index (χ0n) is 18.8. The number of benzene rings is 2. The number of pyridine rings is 1. The second-order valence-corrected chi connectivity index (χ2v) is 9.19. The van der Waals surface area contributed by atoms with Crippen molar-refractivity contribution < 1.29 is 22.7 Å². The molecule has 174 valence electrons. The van der Waals surface area contributed by atoms with Crippen LogP contribution in [0.2, 0.25) is 0 Å². The van der Waals surface area contributed by atoms with E-state index in [-0.39, 0.29) is 11.4 Å². The van der Waals surface area contributed by atoms with Gasteiger partial charge in [0.2, 0.25) is 5.91 Å². The van der Waals surface area contributed by atoms with E-state index in [1.165, 1.54) is 18.5 Å². The summed E-state index contributed by atoms with van der Waals surface area (Å²) in [6, 6.07) is 15.5. The van der Waals surface area contributed by atoms with Crippen molar-refractivity contribution in [3.63, 3.8) is 0 Å². The fraction of sp³-hybridized carbons (Fsp3) is 0.250. The Bertz CT molecular complexity index is 1180. The van der Waals surface area contributed by atoms with Crippen LogP contribution in [0.3, 0.4) is 0 Å². The fourth-order valence-electron chi connectivity index (χ4n) is 3.22. The number of aromatic nitrogens is 1. The third-order valence-electron chi connectivity index (χ3n) is 5.02. The number of sulfonamides is 1. The number of hydrogen-bond acceptors (Lipinski definition) is 6. The smallest absolute Gasteiger partial charge is 0.266 e. The van der Waals surface area contributed by atoms with Crippen LogP contribution in [-0.4, -0.2) is 46.6 Å². The van der Waals surface area contributed by atoms with Crippen molar-refractivity contribution in [2.45, 2.75) is 18.2 Å². The Morgan fingerprint density at radius 3 is 2.39 bits per heavy atom. The molecule has 0 radical (unpaired) electrons. The minimum Gasteiger partial charge on any atom is -0.493 e. The van der Waals surface area contributed by atoms with Gasteiger partial charge in [0.25, 0.3) is 10.0 Å². The van der Waals surface area contributed by atoms with Crippen molar-refractivity contribution >= 4 is 21.6 Å².